The molecule has 118 valence electrons. The Hall–Kier alpha value is -2.89. The van der Waals surface area contributed by atoms with Gasteiger partial charge in [-0.1, -0.05) is 17.2 Å². The molecule has 1 aliphatic heterocycles. The van der Waals surface area contributed by atoms with Crippen molar-refractivity contribution >= 4 is 17.8 Å². The second-order valence-electron chi connectivity index (χ2n) is 5.52. The molecule has 0 spiro atoms. The molecule has 1 aromatic heterocycles. The Morgan fingerprint density at radius 2 is 1.43 bits per heavy atom. The molecule has 1 aromatic carbocycles. The van der Waals surface area contributed by atoms with Crippen LogP contribution in [0.4, 0.5) is 0 Å². The summed E-state index contributed by atoms with van der Waals surface area (Å²) in [6, 6.07) is 9.52. The number of carbonyl (C=O) groups is 3. The highest BCUT2D eigenvalue weighted by Gasteiger charge is 2.39. The minimum atomic E-state index is -0.665. The molecule has 6 nitrogen and oxygen atoms in total. The number of rotatable bonds is 3. The third kappa shape index (κ3) is 2.32. The fourth-order valence-electron chi connectivity index (χ4n) is 2.81. The molecule has 0 aliphatic carbocycles. The summed E-state index contributed by atoms with van der Waals surface area (Å²) in [5.74, 6) is -1.90. The van der Waals surface area contributed by atoms with Crippen molar-refractivity contribution in [2.45, 2.75) is 26.8 Å². The predicted octanol–water partition coefficient (Wildman–Crippen LogP) is 2.42. The number of carbonyl (C=O) groups excluding carboxylic acids is 3. The van der Waals surface area contributed by atoms with Crippen molar-refractivity contribution in [2.75, 3.05) is 0 Å². The van der Waals surface area contributed by atoms with E-state index in [4.69, 9.17) is 4.84 Å². The number of fused-ring (bicyclic) bond motifs is 1. The Morgan fingerprint density at radius 3 is 1.91 bits per heavy atom. The van der Waals surface area contributed by atoms with Crippen LogP contribution < -0.4 is 0 Å². The molecular weight excluding hydrogens is 296 g/mol. The summed E-state index contributed by atoms with van der Waals surface area (Å²) < 4.78 is 1.79. The molecule has 1 unspecified atom stereocenters. The Morgan fingerprint density at radius 1 is 0.957 bits per heavy atom. The van der Waals surface area contributed by atoms with Gasteiger partial charge in [-0.15, -0.1) is 0 Å². The van der Waals surface area contributed by atoms with Crippen molar-refractivity contribution in [1.82, 2.24) is 9.63 Å². The van der Waals surface area contributed by atoms with E-state index in [1.165, 1.54) is 12.1 Å². The van der Waals surface area contributed by atoms with Gasteiger partial charge in [0.2, 0.25) is 0 Å². The first-order chi connectivity index (χ1) is 10.9. The lowest BCUT2D eigenvalue weighted by Gasteiger charge is -2.19. The van der Waals surface area contributed by atoms with Gasteiger partial charge in [0.15, 0.2) is 0 Å². The molecule has 2 amide bonds. The topological polar surface area (TPSA) is 68.6 Å². The molecule has 0 radical (unpaired) electrons. The number of imide groups is 1. The van der Waals surface area contributed by atoms with Crippen LogP contribution in [0.1, 0.15) is 45.1 Å². The molecule has 3 rings (SSSR count). The Bertz CT molecular complexity index is 767. The van der Waals surface area contributed by atoms with Gasteiger partial charge in [-0.2, -0.15) is 0 Å². The molecule has 23 heavy (non-hydrogen) atoms. The van der Waals surface area contributed by atoms with Gasteiger partial charge < -0.3 is 9.40 Å². The number of nitrogens with zero attached hydrogens (tertiary/aromatic N) is 2. The van der Waals surface area contributed by atoms with Crippen molar-refractivity contribution in [3.63, 3.8) is 0 Å². The van der Waals surface area contributed by atoms with Crippen LogP contribution in [-0.4, -0.2) is 27.4 Å². The molecule has 0 saturated heterocycles. The van der Waals surface area contributed by atoms with E-state index in [-0.39, 0.29) is 11.1 Å². The highest BCUT2D eigenvalue weighted by atomic mass is 16.7. The predicted molar refractivity (Wildman–Crippen MR) is 81.7 cm³/mol. The van der Waals surface area contributed by atoms with Gasteiger partial charge in [-0.3, -0.25) is 9.59 Å². The third-order valence-corrected chi connectivity index (χ3v) is 3.99. The van der Waals surface area contributed by atoms with Crippen LogP contribution in [0.3, 0.4) is 0 Å². The molecule has 1 aliphatic rings. The van der Waals surface area contributed by atoms with Gasteiger partial charge in [0.05, 0.1) is 11.1 Å². The van der Waals surface area contributed by atoms with E-state index in [1.54, 1.807) is 23.6 Å². The van der Waals surface area contributed by atoms with Crippen molar-refractivity contribution < 1.29 is 19.2 Å². The SMILES string of the molecule is Cc1ccc(C)n1C(C)C(=O)ON1C(=O)c2ccccc2C1=O. The number of hydroxylamine groups is 2. The number of benzene rings is 1. The monoisotopic (exact) mass is 312 g/mol. The number of hydrogen-bond acceptors (Lipinski definition) is 4. The molecule has 0 N–H and O–H groups in total. The number of aromatic nitrogens is 1. The van der Waals surface area contributed by atoms with Gasteiger partial charge >= 0.3 is 5.97 Å². The lowest BCUT2D eigenvalue weighted by Crippen LogP contribution is -2.35. The average molecular weight is 312 g/mol. The molecule has 6 heteroatoms. The van der Waals surface area contributed by atoms with Gasteiger partial charge in [-0.25, -0.2) is 4.79 Å². The first-order valence-electron chi connectivity index (χ1n) is 7.26. The largest absolute Gasteiger partial charge is 0.355 e. The Balaban J connectivity index is 1.82. The smallest absolute Gasteiger partial charge is 0.335 e. The first kappa shape index (κ1) is 15.0. The normalized spacial score (nSPS) is 14.8. The molecule has 1 atom stereocenters. The van der Waals surface area contributed by atoms with Crippen LogP contribution in [0.5, 0.6) is 0 Å². The molecule has 0 bridgehead atoms. The van der Waals surface area contributed by atoms with Crippen LogP contribution >= 0.6 is 0 Å². The maximum atomic E-state index is 12.4. The van der Waals surface area contributed by atoms with Crippen molar-refractivity contribution in [1.29, 1.82) is 0 Å². The van der Waals surface area contributed by atoms with E-state index in [0.29, 0.717) is 5.06 Å². The molecule has 2 aromatic rings. The minimum Gasteiger partial charge on any atom is -0.335 e. The minimum absolute atomic E-state index is 0.242. The van der Waals surface area contributed by atoms with Crippen LogP contribution in [0.25, 0.3) is 0 Å². The highest BCUT2D eigenvalue weighted by Crippen LogP contribution is 2.24. The lowest BCUT2D eigenvalue weighted by atomic mass is 10.1. The third-order valence-electron chi connectivity index (χ3n) is 3.99. The summed E-state index contributed by atoms with van der Waals surface area (Å²) in [5, 5.41) is 0.539. The van der Waals surface area contributed by atoms with Gasteiger partial charge in [0.1, 0.15) is 6.04 Å². The van der Waals surface area contributed by atoms with Crippen molar-refractivity contribution in [3.05, 3.63) is 58.9 Å². The van der Waals surface area contributed by atoms with E-state index < -0.39 is 23.8 Å². The summed E-state index contributed by atoms with van der Waals surface area (Å²) in [7, 11) is 0. The van der Waals surface area contributed by atoms with Crippen LogP contribution in [0.2, 0.25) is 0 Å². The zero-order valence-corrected chi connectivity index (χ0v) is 13.1. The quantitative estimate of drug-likeness (QED) is 0.816. The fraction of sp³-hybridized carbons (Fsp3) is 0.235. The average Bonchev–Trinajstić information content (AvgIpc) is 2.99. The second kappa shape index (κ2) is 5.39. The van der Waals surface area contributed by atoms with Crippen molar-refractivity contribution in [3.8, 4) is 0 Å². The fourth-order valence-corrected chi connectivity index (χ4v) is 2.81. The van der Waals surface area contributed by atoms with E-state index in [2.05, 4.69) is 0 Å². The summed E-state index contributed by atoms with van der Waals surface area (Å²) in [4.78, 5) is 41.9. The molecule has 2 heterocycles. The summed E-state index contributed by atoms with van der Waals surface area (Å²) in [5.41, 5.74) is 2.28. The molecule has 0 saturated carbocycles. The van der Waals surface area contributed by atoms with Crippen LogP contribution in [0, 0.1) is 13.8 Å². The maximum absolute atomic E-state index is 12.4. The Kier molecular flexibility index (Phi) is 3.52. The zero-order valence-electron chi connectivity index (χ0n) is 13.1. The standard InChI is InChI=1S/C17H16N2O4/c1-10-8-9-11(2)18(10)12(3)17(22)23-19-15(20)13-6-4-5-7-14(13)16(19)21/h4-9,12H,1-3H3. The van der Waals surface area contributed by atoms with Crippen LogP contribution in [-0.2, 0) is 9.63 Å². The van der Waals surface area contributed by atoms with E-state index in [0.717, 1.165) is 11.4 Å². The Labute approximate surface area is 133 Å². The second-order valence-corrected chi connectivity index (χ2v) is 5.52. The lowest BCUT2D eigenvalue weighted by molar-refractivity contribution is -0.172. The van der Waals surface area contributed by atoms with E-state index in [9.17, 15) is 14.4 Å². The molecular formula is C17H16N2O4. The highest BCUT2D eigenvalue weighted by molar-refractivity contribution is 6.20. The first-order valence-corrected chi connectivity index (χ1v) is 7.26. The zero-order chi connectivity index (χ0) is 16.7. The van der Waals surface area contributed by atoms with Gasteiger partial charge in [0.25, 0.3) is 11.8 Å². The summed E-state index contributed by atoms with van der Waals surface area (Å²) >= 11 is 0. The van der Waals surface area contributed by atoms with Crippen LogP contribution in [0.15, 0.2) is 36.4 Å². The van der Waals surface area contributed by atoms with Gasteiger partial charge in [0, 0.05) is 11.4 Å². The van der Waals surface area contributed by atoms with E-state index in [1.807, 2.05) is 26.0 Å². The number of aryl methyl sites for hydroxylation is 2. The van der Waals surface area contributed by atoms with Gasteiger partial charge in [-0.05, 0) is 45.0 Å². The molecule has 0 fully saturated rings. The number of amides is 2. The summed E-state index contributed by atoms with van der Waals surface area (Å²) in [6.45, 7) is 5.41. The number of hydrogen-bond donors (Lipinski definition) is 0. The van der Waals surface area contributed by atoms with Crippen molar-refractivity contribution in [2.24, 2.45) is 0 Å². The van der Waals surface area contributed by atoms with E-state index >= 15 is 0 Å². The maximum Gasteiger partial charge on any atom is 0.355 e. The summed E-state index contributed by atoms with van der Waals surface area (Å²) in [6.07, 6.45) is 0.